The smallest absolute Gasteiger partial charge is 0.129 e. The van der Waals surface area contributed by atoms with E-state index in [2.05, 4.69) is 40.5 Å². The molecule has 5 heterocycles. The summed E-state index contributed by atoms with van der Waals surface area (Å²) in [7, 11) is 2.24. The van der Waals surface area contributed by atoms with Crippen molar-refractivity contribution in [2.75, 3.05) is 64.1 Å². The average molecular weight is 482 g/mol. The molecule has 34 heavy (non-hydrogen) atoms. The van der Waals surface area contributed by atoms with Gasteiger partial charge in [-0.2, -0.15) is 0 Å². The summed E-state index contributed by atoms with van der Waals surface area (Å²) in [5, 5.41) is 5.01. The maximum Gasteiger partial charge on any atom is 0.129 e. The molecule has 5 aliphatic rings. The first-order valence-corrected chi connectivity index (χ1v) is 14.4. The number of aliphatic imine (C=N–C) groups is 1. The summed E-state index contributed by atoms with van der Waals surface area (Å²) in [6.07, 6.45) is 11.8. The minimum Gasteiger partial charge on any atom is -0.380 e. The fourth-order valence-electron chi connectivity index (χ4n) is 6.39. The lowest BCUT2D eigenvalue weighted by Crippen LogP contribution is -2.37. The number of nitrogens with zero attached hydrogens (tertiary/aromatic N) is 4. The molecule has 1 N–H and O–H groups in total. The molecular formula is C27H39N5OS. The molecule has 0 bridgehead atoms. The van der Waals surface area contributed by atoms with E-state index in [-0.39, 0.29) is 0 Å². The van der Waals surface area contributed by atoms with Gasteiger partial charge in [0, 0.05) is 61.6 Å². The molecule has 0 spiro atoms. The van der Waals surface area contributed by atoms with E-state index in [0.717, 1.165) is 57.1 Å². The van der Waals surface area contributed by atoms with Crippen LogP contribution in [0, 0.1) is 5.92 Å². The summed E-state index contributed by atoms with van der Waals surface area (Å²) < 4.78 is 5.66. The van der Waals surface area contributed by atoms with E-state index in [1.54, 1.807) is 0 Å². The van der Waals surface area contributed by atoms with Crippen LogP contribution in [0.1, 0.15) is 55.6 Å². The second kappa shape index (κ2) is 10.3. The summed E-state index contributed by atoms with van der Waals surface area (Å²) >= 11 is 2.03. The van der Waals surface area contributed by atoms with Crippen LogP contribution in [0.25, 0.3) is 5.57 Å². The van der Waals surface area contributed by atoms with E-state index < -0.39 is 0 Å². The minimum absolute atomic E-state index is 0.389. The third-order valence-electron chi connectivity index (χ3n) is 8.56. The number of pyridine rings is 1. The van der Waals surface area contributed by atoms with E-state index in [4.69, 9.17) is 14.7 Å². The molecule has 184 valence electrons. The Morgan fingerprint density at radius 2 is 2.03 bits per heavy atom. The summed E-state index contributed by atoms with van der Waals surface area (Å²) in [6, 6.07) is 3.50. The monoisotopic (exact) mass is 481 g/mol. The number of hydrogen-bond acceptors (Lipinski definition) is 7. The maximum atomic E-state index is 5.66. The number of anilines is 1. The molecule has 1 aliphatic carbocycles. The maximum absolute atomic E-state index is 5.66. The Bertz CT molecular complexity index is 933. The Labute approximate surface area is 208 Å². The molecule has 0 radical (unpaired) electrons. The number of fused-ring (bicyclic) bond motifs is 1. The summed E-state index contributed by atoms with van der Waals surface area (Å²) in [6.45, 7) is 7.46. The average Bonchev–Trinajstić information content (AvgIpc) is 3.43. The van der Waals surface area contributed by atoms with Gasteiger partial charge in [-0.25, -0.2) is 4.98 Å². The van der Waals surface area contributed by atoms with Crippen LogP contribution in [0.2, 0.25) is 0 Å². The van der Waals surface area contributed by atoms with E-state index in [1.165, 1.54) is 60.6 Å². The van der Waals surface area contributed by atoms with Crippen molar-refractivity contribution in [1.82, 2.24) is 14.8 Å². The topological polar surface area (TPSA) is 53.0 Å². The van der Waals surface area contributed by atoms with Crippen LogP contribution in [-0.2, 0) is 4.74 Å². The molecule has 6 nitrogen and oxygen atoms in total. The molecule has 0 amide bonds. The summed E-state index contributed by atoms with van der Waals surface area (Å²) in [5.74, 6) is 3.34. The van der Waals surface area contributed by atoms with Gasteiger partial charge in [-0.1, -0.05) is 6.08 Å². The lowest BCUT2D eigenvalue weighted by atomic mass is 9.88. The predicted molar refractivity (Wildman–Crippen MR) is 142 cm³/mol. The fourth-order valence-corrected chi connectivity index (χ4v) is 7.72. The molecule has 2 saturated heterocycles. The van der Waals surface area contributed by atoms with Crippen molar-refractivity contribution in [2.24, 2.45) is 10.9 Å². The van der Waals surface area contributed by atoms with Crippen LogP contribution in [0.15, 0.2) is 23.3 Å². The number of hydrogen-bond donors (Lipinski definition) is 1. The van der Waals surface area contributed by atoms with Gasteiger partial charge in [0.15, 0.2) is 0 Å². The highest BCUT2D eigenvalue weighted by Crippen LogP contribution is 2.41. The van der Waals surface area contributed by atoms with Crippen molar-refractivity contribution >= 4 is 28.2 Å². The zero-order chi connectivity index (χ0) is 22.9. The first-order chi connectivity index (χ1) is 16.7. The third kappa shape index (κ3) is 4.81. The van der Waals surface area contributed by atoms with Crippen molar-refractivity contribution in [3.05, 3.63) is 29.5 Å². The van der Waals surface area contributed by atoms with Gasteiger partial charge in [-0.3, -0.25) is 9.89 Å². The molecule has 0 aromatic carbocycles. The summed E-state index contributed by atoms with van der Waals surface area (Å²) in [5.41, 5.74) is 4.21. The molecule has 7 heteroatoms. The number of allylic oxidation sites excluding steroid dienone is 1. The zero-order valence-electron chi connectivity index (χ0n) is 20.5. The van der Waals surface area contributed by atoms with E-state index in [0.29, 0.717) is 23.9 Å². The van der Waals surface area contributed by atoms with Crippen molar-refractivity contribution in [3.63, 3.8) is 0 Å². The van der Waals surface area contributed by atoms with Crippen molar-refractivity contribution in [1.29, 1.82) is 0 Å². The highest BCUT2D eigenvalue weighted by Gasteiger charge is 2.36. The van der Waals surface area contributed by atoms with Crippen LogP contribution < -0.4 is 5.32 Å². The lowest BCUT2D eigenvalue weighted by molar-refractivity contribution is 0.129. The number of aromatic nitrogens is 1. The van der Waals surface area contributed by atoms with Crippen LogP contribution in [-0.4, -0.2) is 90.6 Å². The van der Waals surface area contributed by atoms with Gasteiger partial charge in [0.1, 0.15) is 5.82 Å². The van der Waals surface area contributed by atoms with Crippen molar-refractivity contribution in [2.45, 2.75) is 56.5 Å². The second-order valence-corrected chi connectivity index (χ2v) is 11.8. The van der Waals surface area contributed by atoms with Gasteiger partial charge in [0.25, 0.3) is 0 Å². The van der Waals surface area contributed by atoms with Gasteiger partial charge >= 0.3 is 0 Å². The molecule has 4 aliphatic heterocycles. The van der Waals surface area contributed by atoms with Gasteiger partial charge in [-0.05, 0) is 75.9 Å². The molecule has 3 unspecified atom stereocenters. The van der Waals surface area contributed by atoms with Crippen molar-refractivity contribution in [3.8, 4) is 0 Å². The Morgan fingerprint density at radius 3 is 2.88 bits per heavy atom. The first kappa shape index (κ1) is 23.0. The van der Waals surface area contributed by atoms with Gasteiger partial charge in [0.05, 0.1) is 17.7 Å². The highest BCUT2D eigenvalue weighted by molar-refractivity contribution is 8.14. The Kier molecular flexibility index (Phi) is 6.97. The molecular weight excluding hydrogens is 442 g/mol. The van der Waals surface area contributed by atoms with Gasteiger partial charge in [-0.15, -0.1) is 11.8 Å². The van der Waals surface area contributed by atoms with E-state index >= 15 is 0 Å². The zero-order valence-corrected chi connectivity index (χ0v) is 21.4. The predicted octanol–water partition coefficient (Wildman–Crippen LogP) is 4.10. The standard InChI is InChI=1S/C27H39N5OS/c1-31-10-7-20(8-11-31)27-30-25(18-34-27)24-17-29-26-23(24)15-21(16-28-26)19-3-5-22(6-4-19)32-9-2-13-33-14-12-32/h3,15-16,20,22,24-25H,2,4-14,17-18H2,1H3,(H,28,29). The number of piperidine rings is 1. The van der Waals surface area contributed by atoms with Gasteiger partial charge in [0.2, 0.25) is 0 Å². The van der Waals surface area contributed by atoms with E-state index in [9.17, 15) is 0 Å². The Hall–Kier alpha value is -1.41. The lowest BCUT2D eigenvalue weighted by Gasteiger charge is -2.32. The molecule has 1 aromatic heterocycles. The Morgan fingerprint density at radius 1 is 1.12 bits per heavy atom. The van der Waals surface area contributed by atoms with Crippen molar-refractivity contribution < 1.29 is 4.74 Å². The molecule has 6 rings (SSSR count). The van der Waals surface area contributed by atoms with Gasteiger partial charge < -0.3 is 15.0 Å². The number of thioether (sulfide) groups is 1. The fraction of sp³-hybridized carbons (Fsp3) is 0.704. The van der Waals surface area contributed by atoms with Crippen LogP contribution in [0.4, 0.5) is 5.82 Å². The number of ether oxygens (including phenoxy) is 1. The normalized spacial score (nSPS) is 31.5. The van der Waals surface area contributed by atoms with Crippen LogP contribution in [0.5, 0.6) is 0 Å². The summed E-state index contributed by atoms with van der Waals surface area (Å²) in [4.78, 5) is 15.2. The SMILES string of the molecule is CN1CCC(C2=NC(C3CNc4ncc(C5=CCC(N6CCCOCC6)CC5)cc43)CS2)CC1. The molecule has 0 saturated carbocycles. The number of likely N-dealkylation sites (tertiary alicyclic amines) is 1. The third-order valence-corrected chi connectivity index (χ3v) is 9.80. The Balaban J connectivity index is 1.14. The molecule has 3 atom stereocenters. The van der Waals surface area contributed by atoms with Crippen LogP contribution in [0.3, 0.4) is 0 Å². The second-order valence-electron chi connectivity index (χ2n) is 10.7. The number of rotatable bonds is 4. The number of nitrogens with one attached hydrogen (secondary N) is 1. The minimum atomic E-state index is 0.389. The highest BCUT2D eigenvalue weighted by atomic mass is 32.2. The largest absolute Gasteiger partial charge is 0.380 e. The van der Waals surface area contributed by atoms with E-state index in [1.807, 2.05) is 11.8 Å². The van der Waals surface area contributed by atoms with Crippen LogP contribution >= 0.6 is 11.8 Å². The quantitative estimate of drug-likeness (QED) is 0.699. The molecule has 1 aromatic rings. The first-order valence-electron chi connectivity index (χ1n) is 13.4. The molecule has 2 fully saturated rings.